The van der Waals surface area contributed by atoms with E-state index in [9.17, 15) is 9.59 Å². The maximum atomic E-state index is 12.2. The number of anilines is 1. The van der Waals surface area contributed by atoms with Crippen molar-refractivity contribution in [3.05, 3.63) is 88.9 Å². The Hall–Kier alpha value is -3.51. The minimum Gasteiger partial charge on any atom is -0.494 e. The number of nitrogens with one attached hydrogen (secondary N) is 1. The quantitative estimate of drug-likeness (QED) is 0.133. The molecule has 0 heterocycles. The van der Waals surface area contributed by atoms with Gasteiger partial charge in [-0.15, -0.1) is 0 Å². The Kier molecular flexibility index (Phi) is 12.0. The Morgan fingerprint density at radius 1 is 0.763 bits per heavy atom. The van der Waals surface area contributed by atoms with Gasteiger partial charge in [0.2, 0.25) is 5.91 Å². The number of carbonyl (C=O) groups excluding carboxylic acids is 2. The lowest BCUT2D eigenvalue weighted by atomic mass is 10.1. The van der Waals surface area contributed by atoms with Crippen molar-refractivity contribution in [3.63, 3.8) is 0 Å². The number of hydrogen-bond donors (Lipinski definition) is 1. The van der Waals surface area contributed by atoms with Crippen LogP contribution >= 0.6 is 11.6 Å². The fourth-order valence-corrected chi connectivity index (χ4v) is 3.99. The standard InChI is InChI=1S/C31H37ClN2O4/c1-34(2)27-15-9-24(10-16-27)23-30(35)33-21-7-5-3-4-6-8-22-37-28-17-19-29(20-18-28)38-31(36)25-11-13-26(32)14-12-25/h9-20H,3-8,21-23H2,1-2H3,(H,33,35). The monoisotopic (exact) mass is 536 g/mol. The van der Waals surface area contributed by atoms with Crippen LogP contribution in [0, 0.1) is 0 Å². The van der Waals surface area contributed by atoms with Crippen LogP contribution < -0.4 is 19.7 Å². The molecule has 6 nitrogen and oxygen atoms in total. The maximum absolute atomic E-state index is 12.2. The number of unbranched alkanes of at least 4 members (excludes halogenated alkanes) is 5. The molecule has 202 valence electrons. The number of esters is 1. The summed E-state index contributed by atoms with van der Waals surface area (Å²) in [6.45, 7) is 1.37. The molecule has 7 heteroatoms. The Morgan fingerprint density at radius 3 is 2.03 bits per heavy atom. The molecule has 38 heavy (non-hydrogen) atoms. The van der Waals surface area contributed by atoms with E-state index in [0.29, 0.717) is 29.4 Å². The molecule has 0 spiro atoms. The highest BCUT2D eigenvalue weighted by Crippen LogP contribution is 2.20. The van der Waals surface area contributed by atoms with Crippen LogP contribution in [0.25, 0.3) is 0 Å². The molecule has 0 aromatic heterocycles. The average molecular weight is 537 g/mol. The van der Waals surface area contributed by atoms with Gasteiger partial charge in [0.05, 0.1) is 18.6 Å². The largest absolute Gasteiger partial charge is 0.494 e. The lowest BCUT2D eigenvalue weighted by molar-refractivity contribution is -0.120. The predicted molar refractivity (Wildman–Crippen MR) is 154 cm³/mol. The Bertz CT molecular complexity index is 1130. The summed E-state index contributed by atoms with van der Waals surface area (Å²) < 4.78 is 11.2. The topological polar surface area (TPSA) is 67.9 Å². The number of rotatable bonds is 15. The third-order valence-corrected chi connectivity index (χ3v) is 6.35. The summed E-state index contributed by atoms with van der Waals surface area (Å²) in [5.41, 5.74) is 2.61. The third kappa shape index (κ3) is 10.5. The molecule has 0 aliphatic heterocycles. The minimum atomic E-state index is -0.427. The lowest BCUT2D eigenvalue weighted by Gasteiger charge is -2.12. The number of benzene rings is 3. The van der Waals surface area contributed by atoms with Crippen LogP contribution in [-0.4, -0.2) is 39.1 Å². The number of amides is 1. The van der Waals surface area contributed by atoms with Crippen molar-refractivity contribution < 1.29 is 19.1 Å². The fourth-order valence-electron chi connectivity index (χ4n) is 3.87. The van der Waals surface area contributed by atoms with Gasteiger partial charge < -0.3 is 19.7 Å². The van der Waals surface area contributed by atoms with E-state index in [1.165, 1.54) is 0 Å². The molecule has 3 rings (SSSR count). The van der Waals surface area contributed by atoms with E-state index in [-0.39, 0.29) is 5.91 Å². The van der Waals surface area contributed by atoms with Crippen LogP contribution in [0.4, 0.5) is 5.69 Å². The smallest absolute Gasteiger partial charge is 0.343 e. The van der Waals surface area contributed by atoms with Gasteiger partial charge in [0.25, 0.3) is 0 Å². The highest BCUT2D eigenvalue weighted by Gasteiger charge is 2.08. The molecule has 1 amide bonds. The first kappa shape index (κ1) is 29.1. The van der Waals surface area contributed by atoms with Gasteiger partial charge in [0.1, 0.15) is 11.5 Å². The van der Waals surface area contributed by atoms with Crippen molar-refractivity contribution in [1.82, 2.24) is 5.32 Å². The molecule has 0 aliphatic rings. The van der Waals surface area contributed by atoms with Crippen LogP contribution in [-0.2, 0) is 11.2 Å². The molecule has 0 fully saturated rings. The first-order valence-corrected chi connectivity index (χ1v) is 13.5. The van der Waals surface area contributed by atoms with Crippen molar-refractivity contribution in [2.45, 2.75) is 44.9 Å². The summed E-state index contributed by atoms with van der Waals surface area (Å²) in [6, 6.07) is 21.7. The molecule has 0 unspecified atom stereocenters. The van der Waals surface area contributed by atoms with Crippen molar-refractivity contribution >= 4 is 29.2 Å². The molecule has 0 bridgehead atoms. The Morgan fingerprint density at radius 2 is 1.37 bits per heavy atom. The lowest BCUT2D eigenvalue weighted by Crippen LogP contribution is -2.26. The summed E-state index contributed by atoms with van der Waals surface area (Å²) in [4.78, 5) is 26.3. The zero-order chi connectivity index (χ0) is 27.2. The van der Waals surface area contributed by atoms with Gasteiger partial charge in [-0.3, -0.25) is 4.79 Å². The van der Waals surface area contributed by atoms with Crippen LogP contribution in [0.2, 0.25) is 5.02 Å². The SMILES string of the molecule is CN(C)c1ccc(CC(=O)NCCCCCCCCOc2ccc(OC(=O)c3ccc(Cl)cc3)cc2)cc1. The van der Waals surface area contributed by atoms with Crippen LogP contribution in [0.15, 0.2) is 72.8 Å². The minimum absolute atomic E-state index is 0.0764. The van der Waals surface area contributed by atoms with E-state index in [1.807, 2.05) is 43.3 Å². The summed E-state index contributed by atoms with van der Waals surface area (Å²) in [5, 5.41) is 3.59. The van der Waals surface area contributed by atoms with E-state index in [2.05, 4.69) is 5.32 Å². The summed E-state index contributed by atoms with van der Waals surface area (Å²) in [6.07, 6.45) is 6.91. The highest BCUT2D eigenvalue weighted by atomic mass is 35.5. The maximum Gasteiger partial charge on any atom is 0.343 e. The van der Waals surface area contributed by atoms with Gasteiger partial charge in [-0.1, -0.05) is 49.4 Å². The van der Waals surface area contributed by atoms with Crippen molar-refractivity contribution in [3.8, 4) is 11.5 Å². The molecule has 3 aromatic rings. The highest BCUT2D eigenvalue weighted by molar-refractivity contribution is 6.30. The molecule has 0 aliphatic carbocycles. The van der Waals surface area contributed by atoms with Gasteiger partial charge in [-0.2, -0.15) is 0 Å². The zero-order valence-electron chi connectivity index (χ0n) is 22.3. The Balaban J connectivity index is 1.18. The van der Waals surface area contributed by atoms with E-state index in [0.717, 1.165) is 62.1 Å². The molecular weight excluding hydrogens is 500 g/mol. The fraction of sp³-hybridized carbons (Fsp3) is 0.355. The van der Waals surface area contributed by atoms with Crippen molar-refractivity contribution in [2.24, 2.45) is 0 Å². The van der Waals surface area contributed by atoms with E-state index in [4.69, 9.17) is 21.1 Å². The number of halogens is 1. The predicted octanol–water partition coefficient (Wildman–Crippen LogP) is 6.70. The van der Waals surface area contributed by atoms with E-state index in [1.54, 1.807) is 48.5 Å². The molecule has 0 radical (unpaired) electrons. The van der Waals surface area contributed by atoms with Gasteiger partial charge in [0, 0.05) is 31.4 Å². The van der Waals surface area contributed by atoms with Gasteiger partial charge >= 0.3 is 5.97 Å². The van der Waals surface area contributed by atoms with Crippen molar-refractivity contribution in [2.75, 3.05) is 32.1 Å². The van der Waals surface area contributed by atoms with Gasteiger partial charge in [-0.05, 0) is 79.1 Å². The zero-order valence-corrected chi connectivity index (χ0v) is 23.0. The number of carbonyl (C=O) groups is 2. The van der Waals surface area contributed by atoms with Crippen LogP contribution in [0.1, 0.15) is 54.4 Å². The second kappa shape index (κ2) is 15.7. The number of hydrogen-bond acceptors (Lipinski definition) is 5. The normalized spacial score (nSPS) is 10.6. The van der Waals surface area contributed by atoms with Crippen molar-refractivity contribution in [1.29, 1.82) is 0 Å². The summed E-state index contributed by atoms with van der Waals surface area (Å²) in [7, 11) is 4.01. The summed E-state index contributed by atoms with van der Waals surface area (Å²) >= 11 is 5.85. The third-order valence-electron chi connectivity index (χ3n) is 6.09. The first-order chi connectivity index (χ1) is 18.4. The first-order valence-electron chi connectivity index (χ1n) is 13.1. The molecule has 1 N–H and O–H groups in total. The second-order valence-corrected chi connectivity index (χ2v) is 9.86. The van der Waals surface area contributed by atoms with Crippen LogP contribution in [0.3, 0.4) is 0 Å². The molecule has 0 saturated carbocycles. The average Bonchev–Trinajstić information content (AvgIpc) is 2.91. The van der Waals surface area contributed by atoms with Gasteiger partial charge in [-0.25, -0.2) is 4.79 Å². The van der Waals surface area contributed by atoms with Crippen LogP contribution in [0.5, 0.6) is 11.5 Å². The van der Waals surface area contributed by atoms with Gasteiger partial charge in [0.15, 0.2) is 0 Å². The molecular formula is C31H37ClN2O4. The summed E-state index contributed by atoms with van der Waals surface area (Å²) in [5.74, 6) is 0.865. The number of ether oxygens (including phenoxy) is 2. The molecule has 0 atom stereocenters. The molecule has 0 saturated heterocycles. The second-order valence-electron chi connectivity index (χ2n) is 9.43. The van der Waals surface area contributed by atoms with E-state index < -0.39 is 5.97 Å². The Labute approximate surface area is 230 Å². The number of nitrogens with zero attached hydrogens (tertiary/aromatic N) is 1. The molecule has 3 aromatic carbocycles. The van der Waals surface area contributed by atoms with E-state index >= 15 is 0 Å².